The molecule has 3 amide bonds. The quantitative estimate of drug-likeness (QED) is 0.614. The number of nitrogens with one attached hydrogen (secondary N) is 2. The maximum absolute atomic E-state index is 11.5. The Labute approximate surface area is 102 Å². The largest absolute Gasteiger partial charge is 0.351 e. The lowest BCUT2D eigenvalue weighted by Crippen LogP contribution is -2.48. The molecule has 0 spiro atoms. The molecule has 1 unspecified atom stereocenters. The fraction of sp³-hybridized carbons (Fsp3) is 0.818. The lowest BCUT2D eigenvalue weighted by atomic mass is 9.99. The summed E-state index contributed by atoms with van der Waals surface area (Å²) in [5.41, 5.74) is 4.91. The summed E-state index contributed by atoms with van der Waals surface area (Å²) >= 11 is 0. The smallest absolute Gasteiger partial charge is 0.318 e. The number of urea groups is 1. The Kier molecular flexibility index (Phi) is 5.93. The van der Waals surface area contributed by atoms with Crippen LogP contribution in [0.15, 0.2) is 0 Å². The van der Waals surface area contributed by atoms with Crippen LogP contribution in [0.25, 0.3) is 0 Å². The minimum atomic E-state index is -0.779. The summed E-state index contributed by atoms with van der Waals surface area (Å²) in [6.45, 7) is 2.12. The molecule has 0 bridgehead atoms. The van der Waals surface area contributed by atoms with Crippen LogP contribution in [0.4, 0.5) is 4.79 Å². The Morgan fingerprint density at radius 3 is 2.82 bits per heavy atom. The minimum absolute atomic E-state index is 0.261. The molecule has 1 aliphatic rings. The first-order valence-corrected chi connectivity index (χ1v) is 6.11. The highest BCUT2D eigenvalue weighted by molar-refractivity contribution is 5.94. The second-order valence-electron chi connectivity index (χ2n) is 4.42. The number of likely N-dealkylation sites (tertiary alicyclic amines) is 1. The van der Waals surface area contributed by atoms with Gasteiger partial charge in [-0.3, -0.25) is 15.0 Å². The summed E-state index contributed by atoms with van der Waals surface area (Å²) in [6.07, 6.45) is 4.47. The fourth-order valence-corrected chi connectivity index (χ4v) is 2.27. The van der Waals surface area contributed by atoms with E-state index in [1.165, 1.54) is 6.42 Å². The summed E-state index contributed by atoms with van der Waals surface area (Å²) < 4.78 is 0. The van der Waals surface area contributed by atoms with Crippen LogP contribution >= 0.6 is 0 Å². The van der Waals surface area contributed by atoms with Gasteiger partial charge in [0.25, 0.3) is 0 Å². The number of hydrogen-bond acceptors (Lipinski definition) is 4. The van der Waals surface area contributed by atoms with Crippen LogP contribution in [0.2, 0.25) is 0 Å². The molecule has 6 heteroatoms. The Morgan fingerprint density at radius 1 is 1.41 bits per heavy atom. The van der Waals surface area contributed by atoms with Gasteiger partial charge in [-0.05, 0) is 39.4 Å². The van der Waals surface area contributed by atoms with E-state index < -0.39 is 6.03 Å². The molecule has 0 saturated carbocycles. The Hall–Kier alpha value is -1.14. The summed E-state index contributed by atoms with van der Waals surface area (Å²) in [7, 11) is 1.92. The van der Waals surface area contributed by atoms with Crippen molar-refractivity contribution in [1.29, 1.82) is 0 Å². The molecule has 4 N–H and O–H groups in total. The maximum Gasteiger partial charge on any atom is 0.318 e. The van der Waals surface area contributed by atoms with Crippen LogP contribution in [0.5, 0.6) is 0 Å². The van der Waals surface area contributed by atoms with Gasteiger partial charge in [-0.2, -0.15) is 0 Å². The zero-order valence-electron chi connectivity index (χ0n) is 10.4. The Bertz CT molecular complexity index is 270. The van der Waals surface area contributed by atoms with Crippen molar-refractivity contribution in [3.8, 4) is 0 Å². The SMILES string of the molecule is CNCCC1CCCCN1CC(=O)NC(N)=O. The van der Waals surface area contributed by atoms with Crippen molar-refractivity contribution in [1.82, 2.24) is 15.5 Å². The minimum Gasteiger partial charge on any atom is -0.351 e. The van der Waals surface area contributed by atoms with Crippen LogP contribution in [-0.2, 0) is 4.79 Å². The van der Waals surface area contributed by atoms with E-state index in [0.717, 1.165) is 32.4 Å². The topological polar surface area (TPSA) is 87.5 Å². The van der Waals surface area contributed by atoms with Crippen LogP contribution < -0.4 is 16.4 Å². The number of piperidine rings is 1. The number of nitrogens with zero attached hydrogens (tertiary/aromatic N) is 1. The fourth-order valence-electron chi connectivity index (χ4n) is 2.27. The zero-order valence-corrected chi connectivity index (χ0v) is 10.4. The number of carbonyl (C=O) groups excluding carboxylic acids is 2. The molecule has 0 aromatic carbocycles. The molecule has 1 rings (SSSR count). The van der Waals surface area contributed by atoms with Crippen molar-refractivity contribution in [2.45, 2.75) is 31.7 Å². The maximum atomic E-state index is 11.5. The molecule has 6 nitrogen and oxygen atoms in total. The van der Waals surface area contributed by atoms with Gasteiger partial charge in [0, 0.05) is 6.04 Å². The third-order valence-corrected chi connectivity index (χ3v) is 3.09. The van der Waals surface area contributed by atoms with E-state index in [1.54, 1.807) is 0 Å². The van der Waals surface area contributed by atoms with Crippen LogP contribution in [-0.4, -0.2) is 49.6 Å². The number of primary amides is 1. The number of nitrogens with two attached hydrogens (primary N) is 1. The van der Waals surface area contributed by atoms with E-state index in [2.05, 4.69) is 15.5 Å². The highest BCUT2D eigenvalue weighted by atomic mass is 16.2. The molecule has 1 atom stereocenters. The van der Waals surface area contributed by atoms with Gasteiger partial charge in [0.2, 0.25) is 5.91 Å². The molecular weight excluding hydrogens is 220 g/mol. The molecule has 0 aliphatic carbocycles. The van der Waals surface area contributed by atoms with Gasteiger partial charge >= 0.3 is 6.03 Å². The molecule has 1 aliphatic heterocycles. The van der Waals surface area contributed by atoms with E-state index in [-0.39, 0.29) is 12.5 Å². The van der Waals surface area contributed by atoms with Gasteiger partial charge < -0.3 is 11.1 Å². The van der Waals surface area contributed by atoms with Gasteiger partial charge in [-0.25, -0.2) is 4.79 Å². The summed E-state index contributed by atoms with van der Waals surface area (Å²) in [5.74, 6) is -0.311. The molecule has 0 aromatic heterocycles. The first-order valence-electron chi connectivity index (χ1n) is 6.11. The highest BCUT2D eigenvalue weighted by Gasteiger charge is 2.23. The molecule has 0 aromatic rings. The monoisotopic (exact) mass is 242 g/mol. The number of carbonyl (C=O) groups is 2. The zero-order chi connectivity index (χ0) is 12.7. The first-order chi connectivity index (χ1) is 8.13. The van der Waals surface area contributed by atoms with E-state index in [4.69, 9.17) is 5.73 Å². The number of rotatable bonds is 5. The second kappa shape index (κ2) is 7.24. The highest BCUT2D eigenvalue weighted by Crippen LogP contribution is 2.18. The van der Waals surface area contributed by atoms with Crippen LogP contribution in [0.1, 0.15) is 25.7 Å². The van der Waals surface area contributed by atoms with Crippen molar-refractivity contribution in [2.24, 2.45) is 5.73 Å². The third-order valence-electron chi connectivity index (χ3n) is 3.09. The van der Waals surface area contributed by atoms with E-state index >= 15 is 0 Å². The number of imide groups is 1. The van der Waals surface area contributed by atoms with Gasteiger partial charge in [-0.1, -0.05) is 6.42 Å². The number of hydrogen-bond donors (Lipinski definition) is 3. The summed E-state index contributed by atoms with van der Waals surface area (Å²) in [6, 6.07) is -0.353. The normalized spacial score (nSPS) is 21.1. The van der Waals surface area contributed by atoms with Crippen molar-refractivity contribution in [3.05, 3.63) is 0 Å². The van der Waals surface area contributed by atoms with E-state index in [0.29, 0.717) is 6.04 Å². The predicted molar refractivity (Wildman–Crippen MR) is 65.5 cm³/mol. The molecular formula is C11H22N4O2. The van der Waals surface area contributed by atoms with E-state index in [9.17, 15) is 9.59 Å². The van der Waals surface area contributed by atoms with Gasteiger partial charge in [0.1, 0.15) is 0 Å². The average Bonchev–Trinajstić information content (AvgIpc) is 2.26. The summed E-state index contributed by atoms with van der Waals surface area (Å²) in [4.78, 5) is 24.2. The van der Waals surface area contributed by atoms with E-state index in [1.807, 2.05) is 7.05 Å². The molecule has 1 saturated heterocycles. The molecule has 1 fully saturated rings. The van der Waals surface area contributed by atoms with Crippen LogP contribution in [0, 0.1) is 0 Å². The average molecular weight is 242 g/mol. The van der Waals surface area contributed by atoms with Gasteiger partial charge in [0.15, 0.2) is 0 Å². The lowest BCUT2D eigenvalue weighted by Gasteiger charge is -2.35. The van der Waals surface area contributed by atoms with Crippen LogP contribution in [0.3, 0.4) is 0 Å². The molecule has 0 radical (unpaired) electrons. The molecule has 17 heavy (non-hydrogen) atoms. The van der Waals surface area contributed by atoms with Crippen molar-refractivity contribution in [3.63, 3.8) is 0 Å². The molecule has 1 heterocycles. The number of amides is 3. The Morgan fingerprint density at radius 2 is 2.18 bits per heavy atom. The third kappa shape index (κ3) is 5.14. The second-order valence-corrected chi connectivity index (χ2v) is 4.42. The predicted octanol–water partition coefficient (Wildman–Crippen LogP) is -0.355. The van der Waals surface area contributed by atoms with Gasteiger partial charge in [-0.15, -0.1) is 0 Å². The summed E-state index contributed by atoms with van der Waals surface area (Å²) in [5, 5.41) is 5.23. The van der Waals surface area contributed by atoms with Crippen molar-refractivity contribution < 1.29 is 9.59 Å². The standard InChI is InChI=1S/C11H22N4O2/c1-13-6-5-9-4-2-3-7-15(9)8-10(16)14-11(12)17/h9,13H,2-8H2,1H3,(H3,12,14,16,17). The lowest BCUT2D eigenvalue weighted by molar-refractivity contribution is -0.122. The van der Waals surface area contributed by atoms with Crippen molar-refractivity contribution in [2.75, 3.05) is 26.7 Å². The Balaban J connectivity index is 2.41. The molecule has 98 valence electrons. The van der Waals surface area contributed by atoms with Crippen molar-refractivity contribution >= 4 is 11.9 Å². The van der Waals surface area contributed by atoms with Gasteiger partial charge in [0.05, 0.1) is 6.54 Å². The first kappa shape index (κ1) is 13.9.